The molecule has 4 nitrogen and oxygen atoms in total. The molecular weight excluding hydrogens is 597 g/mol. The fraction of sp³-hybridized carbons (Fsp3) is 0. The lowest BCUT2D eigenvalue weighted by Gasteiger charge is -2.13. The number of fused-ring (bicyclic) bond motifs is 15. The van der Waals surface area contributed by atoms with Gasteiger partial charge in [-0.05, 0) is 71.4 Å². The van der Waals surface area contributed by atoms with Crippen molar-refractivity contribution in [3.63, 3.8) is 0 Å². The summed E-state index contributed by atoms with van der Waals surface area (Å²) in [6.07, 6.45) is 1.89. The first-order valence-corrected chi connectivity index (χ1v) is 16.8. The molecule has 0 aliphatic carbocycles. The van der Waals surface area contributed by atoms with E-state index >= 15 is 0 Å². The zero-order valence-corrected chi connectivity index (χ0v) is 26.3. The summed E-state index contributed by atoms with van der Waals surface area (Å²) in [5, 5.41) is 12.6. The Hall–Kier alpha value is -6.65. The van der Waals surface area contributed by atoms with Crippen molar-refractivity contribution >= 4 is 92.6 Å². The highest BCUT2D eigenvalue weighted by Crippen LogP contribution is 2.47. The van der Waals surface area contributed by atoms with Gasteiger partial charge in [0.2, 0.25) is 0 Å². The van der Waals surface area contributed by atoms with Crippen molar-refractivity contribution in [3.05, 3.63) is 158 Å². The average Bonchev–Trinajstić information content (AvgIpc) is 3.89. The Morgan fingerprint density at radius 3 is 1.86 bits per heavy atom. The minimum absolute atomic E-state index is 0.966. The molecule has 0 atom stereocenters. The molecule has 12 rings (SSSR count). The Kier molecular flexibility index (Phi) is 4.69. The summed E-state index contributed by atoms with van der Waals surface area (Å²) in [6.45, 7) is 0. The third-order valence-electron chi connectivity index (χ3n) is 10.8. The number of para-hydroxylation sites is 3. The number of aromatic nitrogens is 4. The first-order valence-electron chi connectivity index (χ1n) is 16.8. The normalized spacial score (nSPS) is 12.5. The van der Waals surface area contributed by atoms with Crippen molar-refractivity contribution in [2.75, 3.05) is 0 Å². The largest absolute Gasteiger partial charge is 0.308 e. The molecule has 0 bridgehead atoms. The molecule has 49 heavy (non-hydrogen) atoms. The molecule has 12 aromatic rings. The monoisotopic (exact) mass is 622 g/mol. The second kappa shape index (κ2) is 9.03. The van der Waals surface area contributed by atoms with Gasteiger partial charge in [0.15, 0.2) is 0 Å². The smallest absolute Gasteiger partial charge is 0.145 e. The molecule has 0 fully saturated rings. The number of nitrogens with zero attached hydrogens (tertiary/aromatic N) is 4. The van der Waals surface area contributed by atoms with Crippen molar-refractivity contribution in [1.82, 2.24) is 18.5 Å². The molecule has 0 aliphatic rings. The highest BCUT2D eigenvalue weighted by atomic mass is 15.1. The van der Waals surface area contributed by atoms with Crippen LogP contribution in [0.4, 0.5) is 0 Å². The molecule has 4 heteroatoms. The fourth-order valence-electron chi connectivity index (χ4n) is 8.87. The molecule has 0 amide bonds. The van der Waals surface area contributed by atoms with Gasteiger partial charge in [-0.1, -0.05) is 91.0 Å². The SMILES string of the molecule is c1cc(-n2c3ccccc3c3cccnc32)cc(-n2c3ccc4ccccc4c3c3cc4c5ccccc5n5c6ccccc6c(c32)c45)c1. The van der Waals surface area contributed by atoms with Crippen LogP contribution in [-0.2, 0) is 0 Å². The number of hydrogen-bond donors (Lipinski definition) is 0. The lowest BCUT2D eigenvalue weighted by Crippen LogP contribution is -1.99. The lowest BCUT2D eigenvalue weighted by molar-refractivity contribution is 1.11. The molecule has 0 saturated carbocycles. The molecule has 0 unspecified atom stereocenters. The van der Waals surface area contributed by atoms with E-state index in [-0.39, 0.29) is 0 Å². The summed E-state index contributed by atoms with van der Waals surface area (Å²) < 4.78 is 7.30. The van der Waals surface area contributed by atoms with Crippen molar-refractivity contribution in [2.24, 2.45) is 0 Å². The van der Waals surface area contributed by atoms with Crippen LogP contribution in [0.15, 0.2) is 158 Å². The van der Waals surface area contributed by atoms with Crippen LogP contribution in [0.3, 0.4) is 0 Å². The molecule has 0 N–H and O–H groups in total. The number of benzene rings is 7. The highest BCUT2D eigenvalue weighted by Gasteiger charge is 2.25. The van der Waals surface area contributed by atoms with E-state index in [0.717, 1.165) is 27.9 Å². The van der Waals surface area contributed by atoms with Crippen molar-refractivity contribution in [3.8, 4) is 11.4 Å². The minimum atomic E-state index is 0.966. The zero-order valence-electron chi connectivity index (χ0n) is 26.3. The standard InChI is InChI=1S/C45H26N4/c1-2-14-30-27(11-1)22-23-40-41(30)36-26-35-32-16-4-7-20-38(32)49-39-21-8-5-17-34(39)42(43(35)49)44(36)47(40)28-12-9-13-29(25-28)48-37-19-6-3-15-31(37)33-18-10-24-46-45(33)48/h1-26H. The van der Waals surface area contributed by atoms with Gasteiger partial charge in [-0.3, -0.25) is 4.57 Å². The predicted molar refractivity (Wildman–Crippen MR) is 205 cm³/mol. The van der Waals surface area contributed by atoms with Gasteiger partial charge in [-0.2, -0.15) is 0 Å². The molecule has 0 radical (unpaired) electrons. The van der Waals surface area contributed by atoms with Crippen LogP contribution < -0.4 is 0 Å². The van der Waals surface area contributed by atoms with E-state index in [1.807, 2.05) is 12.3 Å². The topological polar surface area (TPSA) is 27.2 Å². The highest BCUT2D eigenvalue weighted by molar-refractivity contribution is 6.36. The quantitative estimate of drug-likeness (QED) is 0.188. The van der Waals surface area contributed by atoms with E-state index in [9.17, 15) is 0 Å². The second-order valence-corrected chi connectivity index (χ2v) is 13.2. The summed E-state index contributed by atoms with van der Waals surface area (Å²) in [4.78, 5) is 4.89. The Morgan fingerprint density at radius 1 is 0.367 bits per heavy atom. The zero-order chi connectivity index (χ0) is 31.8. The van der Waals surface area contributed by atoms with Gasteiger partial charge in [0.1, 0.15) is 5.65 Å². The molecule has 5 aromatic heterocycles. The molecular formula is C45H26N4. The first-order chi connectivity index (χ1) is 24.3. The van der Waals surface area contributed by atoms with E-state index in [4.69, 9.17) is 4.98 Å². The van der Waals surface area contributed by atoms with E-state index in [0.29, 0.717) is 0 Å². The van der Waals surface area contributed by atoms with E-state index < -0.39 is 0 Å². The summed E-state index contributed by atoms with van der Waals surface area (Å²) >= 11 is 0. The van der Waals surface area contributed by atoms with E-state index in [1.54, 1.807) is 0 Å². The summed E-state index contributed by atoms with van der Waals surface area (Å²) in [7, 11) is 0. The maximum atomic E-state index is 4.89. The van der Waals surface area contributed by atoms with Crippen molar-refractivity contribution in [1.29, 1.82) is 0 Å². The predicted octanol–water partition coefficient (Wildman–Crippen LogP) is 11.6. The van der Waals surface area contributed by atoms with E-state index in [2.05, 4.69) is 159 Å². The first kappa shape index (κ1) is 25.4. The second-order valence-electron chi connectivity index (χ2n) is 13.2. The minimum Gasteiger partial charge on any atom is -0.308 e. The maximum absolute atomic E-state index is 4.89. The molecule has 0 spiro atoms. The third kappa shape index (κ3) is 3.12. The third-order valence-corrected chi connectivity index (χ3v) is 10.8. The molecule has 7 aromatic carbocycles. The molecule has 0 aliphatic heterocycles. The summed E-state index contributed by atoms with van der Waals surface area (Å²) in [5.41, 5.74) is 10.5. The van der Waals surface area contributed by atoms with Crippen LogP contribution in [0.5, 0.6) is 0 Å². The summed E-state index contributed by atoms with van der Waals surface area (Å²) in [5.74, 6) is 0. The number of pyridine rings is 1. The van der Waals surface area contributed by atoms with Crippen LogP contribution in [0.1, 0.15) is 0 Å². The van der Waals surface area contributed by atoms with Gasteiger partial charge in [-0.25, -0.2) is 4.98 Å². The van der Waals surface area contributed by atoms with Crippen LogP contribution in [-0.4, -0.2) is 18.5 Å². The lowest BCUT2D eigenvalue weighted by atomic mass is 10.0. The van der Waals surface area contributed by atoms with Crippen LogP contribution >= 0.6 is 0 Å². The molecule has 0 saturated heterocycles. The van der Waals surface area contributed by atoms with Gasteiger partial charge < -0.3 is 8.97 Å². The van der Waals surface area contributed by atoms with Gasteiger partial charge in [0.05, 0.1) is 33.1 Å². The van der Waals surface area contributed by atoms with Gasteiger partial charge in [0, 0.05) is 60.7 Å². The van der Waals surface area contributed by atoms with E-state index in [1.165, 1.54) is 76.1 Å². The Morgan fingerprint density at radius 2 is 1.02 bits per heavy atom. The van der Waals surface area contributed by atoms with Crippen LogP contribution in [0.2, 0.25) is 0 Å². The van der Waals surface area contributed by atoms with Gasteiger partial charge in [0.25, 0.3) is 0 Å². The van der Waals surface area contributed by atoms with Gasteiger partial charge in [-0.15, -0.1) is 0 Å². The number of hydrogen-bond acceptors (Lipinski definition) is 1. The van der Waals surface area contributed by atoms with Crippen molar-refractivity contribution in [2.45, 2.75) is 0 Å². The molecule has 226 valence electrons. The van der Waals surface area contributed by atoms with Crippen molar-refractivity contribution < 1.29 is 0 Å². The Balaban J connectivity index is 1.30. The maximum Gasteiger partial charge on any atom is 0.145 e. The van der Waals surface area contributed by atoms with Gasteiger partial charge >= 0.3 is 0 Å². The Bertz CT molecular complexity index is 3280. The summed E-state index contributed by atoms with van der Waals surface area (Å²) in [6, 6.07) is 55.4. The van der Waals surface area contributed by atoms with Crippen LogP contribution in [0.25, 0.3) is 104 Å². The average molecular weight is 623 g/mol. The van der Waals surface area contributed by atoms with Crippen LogP contribution in [0, 0.1) is 0 Å². The number of rotatable bonds is 2. The molecule has 5 heterocycles. The Labute approximate surface area is 279 Å². The fourth-order valence-corrected chi connectivity index (χ4v) is 8.87.